The molecule has 0 unspecified atom stereocenters. The lowest BCUT2D eigenvalue weighted by Gasteiger charge is -1.97. The predicted molar refractivity (Wildman–Crippen MR) is 77.5 cm³/mol. The van der Waals surface area contributed by atoms with Crippen molar-refractivity contribution in [2.75, 3.05) is 0 Å². The number of hydrogen-bond donors (Lipinski definition) is 1. The fourth-order valence-corrected chi connectivity index (χ4v) is 1.86. The Labute approximate surface area is 133 Å². The molecule has 0 radical (unpaired) electrons. The average Bonchev–Trinajstić information content (AvgIpc) is 3.02. The van der Waals surface area contributed by atoms with E-state index in [2.05, 4.69) is 20.7 Å². The first-order valence-electron chi connectivity index (χ1n) is 6.33. The molecule has 0 aromatic carbocycles. The van der Waals surface area contributed by atoms with Gasteiger partial charge in [0.1, 0.15) is 6.54 Å². The van der Waals surface area contributed by atoms with Gasteiger partial charge in [-0.05, 0) is 11.8 Å². The summed E-state index contributed by atoms with van der Waals surface area (Å²) in [6.07, 6.45) is 3.52. The van der Waals surface area contributed by atoms with Crippen LogP contribution >= 0.6 is 11.6 Å². The van der Waals surface area contributed by atoms with Crippen LogP contribution in [0.25, 0.3) is 0 Å². The minimum Gasteiger partial charge on any atom is -0.358 e. The van der Waals surface area contributed by atoms with Crippen molar-refractivity contribution in [2.24, 2.45) is 5.10 Å². The Morgan fingerprint density at radius 2 is 2.39 bits per heavy atom. The van der Waals surface area contributed by atoms with Crippen molar-refractivity contribution in [3.63, 3.8) is 0 Å². The van der Waals surface area contributed by atoms with E-state index in [1.807, 2.05) is 0 Å². The predicted octanol–water partition coefficient (Wildman–Crippen LogP) is 0.950. The highest BCUT2D eigenvalue weighted by molar-refractivity contribution is 6.32. The molecule has 0 saturated heterocycles. The Balaban J connectivity index is 1.94. The number of nitrogens with zero attached hydrogens (tertiary/aromatic N) is 6. The van der Waals surface area contributed by atoms with Gasteiger partial charge in [0.05, 0.1) is 29.3 Å². The van der Waals surface area contributed by atoms with Gasteiger partial charge in [0.15, 0.2) is 5.02 Å². The quantitative estimate of drug-likeness (QED) is 0.475. The van der Waals surface area contributed by atoms with E-state index >= 15 is 0 Å². The molecule has 2 aromatic heterocycles. The highest BCUT2D eigenvalue weighted by Gasteiger charge is 2.20. The summed E-state index contributed by atoms with van der Waals surface area (Å²) in [5.74, 6) is -1.73. The molecule has 0 spiro atoms. The first kappa shape index (κ1) is 16.5. The lowest BCUT2D eigenvalue weighted by atomic mass is 10.4. The number of rotatable bonds is 6. The number of hydrazone groups is 1. The number of nitrogens with one attached hydrogen (secondary N) is 1. The summed E-state index contributed by atoms with van der Waals surface area (Å²) in [6.45, 7) is 1.76. The van der Waals surface area contributed by atoms with Gasteiger partial charge >= 0.3 is 5.82 Å². The molecule has 12 heteroatoms. The first-order valence-corrected chi connectivity index (χ1v) is 6.70. The van der Waals surface area contributed by atoms with Crippen molar-refractivity contribution in [3.05, 3.63) is 39.0 Å². The van der Waals surface area contributed by atoms with Crippen LogP contribution in [0, 0.1) is 16.1 Å². The molecule has 0 saturated carbocycles. The summed E-state index contributed by atoms with van der Waals surface area (Å²) in [5, 5.41) is 21.3. The fraction of sp³-hybridized carbons (Fsp3) is 0.273. The van der Waals surface area contributed by atoms with Crippen molar-refractivity contribution in [1.29, 1.82) is 0 Å². The second-order valence-corrected chi connectivity index (χ2v) is 4.66. The van der Waals surface area contributed by atoms with Gasteiger partial charge in [-0.25, -0.2) is 10.1 Å². The van der Waals surface area contributed by atoms with Gasteiger partial charge in [-0.15, -0.1) is 0 Å². The van der Waals surface area contributed by atoms with Crippen LogP contribution in [-0.2, 0) is 17.9 Å². The molecule has 2 rings (SSSR count). The maximum Gasteiger partial charge on any atom is 0.408 e. The molecule has 1 amide bonds. The average molecular weight is 344 g/mol. The molecule has 0 fully saturated rings. The van der Waals surface area contributed by atoms with E-state index in [0.717, 1.165) is 21.8 Å². The summed E-state index contributed by atoms with van der Waals surface area (Å²) in [6, 6.07) is 0. The zero-order valence-corrected chi connectivity index (χ0v) is 12.6. The van der Waals surface area contributed by atoms with Crippen LogP contribution in [0.1, 0.15) is 12.5 Å². The Kier molecular flexibility index (Phi) is 5.01. The van der Waals surface area contributed by atoms with Crippen LogP contribution in [0.15, 0.2) is 17.5 Å². The number of carbonyl (C=O) groups excluding carboxylic acids is 1. The third kappa shape index (κ3) is 3.88. The van der Waals surface area contributed by atoms with E-state index in [-0.39, 0.29) is 17.1 Å². The number of amides is 1. The van der Waals surface area contributed by atoms with E-state index < -0.39 is 22.6 Å². The molecule has 2 aromatic rings. The zero-order valence-electron chi connectivity index (χ0n) is 11.8. The molecule has 0 aliphatic carbocycles. The minimum atomic E-state index is -0.761. The van der Waals surface area contributed by atoms with Gasteiger partial charge in [-0.2, -0.15) is 19.3 Å². The molecule has 0 aliphatic rings. The van der Waals surface area contributed by atoms with Gasteiger partial charge in [0, 0.05) is 6.54 Å². The highest BCUT2D eigenvalue weighted by atomic mass is 35.5. The van der Waals surface area contributed by atoms with E-state index in [1.165, 1.54) is 6.20 Å². The Hall–Kier alpha value is -2.82. The van der Waals surface area contributed by atoms with Gasteiger partial charge in [0.2, 0.25) is 5.95 Å². The third-order valence-corrected chi connectivity index (χ3v) is 2.94. The number of aryl methyl sites for hydroxylation is 1. The van der Waals surface area contributed by atoms with Crippen molar-refractivity contribution in [1.82, 2.24) is 25.0 Å². The summed E-state index contributed by atoms with van der Waals surface area (Å²) < 4.78 is 15.8. The number of hydrogen-bond acceptors (Lipinski definition) is 6. The van der Waals surface area contributed by atoms with E-state index in [9.17, 15) is 19.3 Å². The number of carbonyl (C=O) groups is 1. The van der Waals surface area contributed by atoms with Gasteiger partial charge < -0.3 is 10.1 Å². The Bertz CT molecular complexity index is 770. The molecule has 0 atom stereocenters. The second-order valence-electron chi connectivity index (χ2n) is 4.25. The van der Waals surface area contributed by atoms with Gasteiger partial charge in [-0.3, -0.25) is 4.79 Å². The molecule has 23 heavy (non-hydrogen) atoms. The SMILES string of the molecule is CCn1ncc(/C=N/NC(=O)Cn2cc(Cl)c([N+](=O)[O-])n2)c1F. The number of halogens is 2. The molecular formula is C11H11ClFN7O3. The summed E-state index contributed by atoms with van der Waals surface area (Å²) in [7, 11) is 0. The van der Waals surface area contributed by atoms with Gasteiger partial charge in [-0.1, -0.05) is 11.6 Å². The molecule has 1 N–H and O–H groups in total. The maximum atomic E-state index is 13.6. The molecule has 10 nitrogen and oxygen atoms in total. The largest absolute Gasteiger partial charge is 0.408 e. The van der Waals surface area contributed by atoms with Gasteiger partial charge in [0.25, 0.3) is 5.91 Å². The van der Waals surface area contributed by atoms with Crippen LogP contribution in [0.4, 0.5) is 10.2 Å². The Morgan fingerprint density at radius 3 is 2.96 bits per heavy atom. The smallest absolute Gasteiger partial charge is 0.358 e. The topological polar surface area (TPSA) is 120 Å². The van der Waals surface area contributed by atoms with Crippen LogP contribution in [-0.4, -0.2) is 36.6 Å². The Morgan fingerprint density at radius 1 is 1.65 bits per heavy atom. The lowest BCUT2D eigenvalue weighted by molar-refractivity contribution is -0.389. The van der Waals surface area contributed by atoms with Crippen molar-refractivity contribution < 1.29 is 14.1 Å². The van der Waals surface area contributed by atoms with E-state index in [1.54, 1.807) is 6.92 Å². The molecule has 122 valence electrons. The number of nitro groups is 1. The van der Waals surface area contributed by atoms with Crippen LogP contribution < -0.4 is 5.43 Å². The van der Waals surface area contributed by atoms with Crippen LogP contribution in [0.3, 0.4) is 0 Å². The molecular weight excluding hydrogens is 333 g/mol. The van der Waals surface area contributed by atoms with Crippen molar-refractivity contribution >= 4 is 29.5 Å². The lowest BCUT2D eigenvalue weighted by Crippen LogP contribution is -2.23. The van der Waals surface area contributed by atoms with Crippen LogP contribution in [0.2, 0.25) is 5.02 Å². The zero-order chi connectivity index (χ0) is 17.0. The van der Waals surface area contributed by atoms with Crippen molar-refractivity contribution in [2.45, 2.75) is 20.0 Å². The third-order valence-electron chi connectivity index (χ3n) is 2.67. The second kappa shape index (κ2) is 6.96. The van der Waals surface area contributed by atoms with E-state index in [0.29, 0.717) is 6.54 Å². The molecule has 0 aliphatic heterocycles. The first-order chi connectivity index (χ1) is 10.9. The highest BCUT2D eigenvalue weighted by Crippen LogP contribution is 2.20. The number of aromatic nitrogens is 4. The van der Waals surface area contributed by atoms with Crippen molar-refractivity contribution in [3.8, 4) is 0 Å². The van der Waals surface area contributed by atoms with Crippen LogP contribution in [0.5, 0.6) is 0 Å². The summed E-state index contributed by atoms with van der Waals surface area (Å²) in [4.78, 5) is 21.5. The maximum absolute atomic E-state index is 13.6. The molecule has 0 bridgehead atoms. The monoisotopic (exact) mass is 343 g/mol. The molecule has 2 heterocycles. The summed E-state index contributed by atoms with van der Waals surface area (Å²) in [5.41, 5.74) is 2.26. The summed E-state index contributed by atoms with van der Waals surface area (Å²) >= 11 is 5.60. The normalized spacial score (nSPS) is 11.1. The minimum absolute atomic E-state index is 0.116. The van der Waals surface area contributed by atoms with E-state index in [4.69, 9.17) is 11.6 Å². The fourth-order valence-electron chi connectivity index (χ4n) is 1.64. The standard InChI is InChI=1S/C11H11ClFN7O3/c1-2-19-10(13)7(4-15-19)3-14-16-9(21)6-18-5-8(12)11(17-18)20(22)23/h3-5H,2,6H2,1H3,(H,16,21)/b14-3+.